The molecule has 0 aromatic heterocycles. The number of carboxylic acids is 2. The molecule has 6 rings (SSSR count). The standard InChI is InChI=1S/C20H23NO4.C3H6O3.C2H4O3/c22-13-4-3-12-9-15-20(24)6-5-14(23)18-19(20,16(12)17(13)25-18)7-8-21(15)10-11-1-2-11;1-2(4)3(5)6;3-1-2(4)5/h3-4,11,15,18,22,24H,1-2,5-10H2;2,4H,1H3,(H,5,6);3H,1H2,(H,4,5)/t15-,18+,19+,20-;;/m1../s1. The van der Waals surface area contributed by atoms with E-state index in [1.54, 1.807) is 6.07 Å². The maximum Gasteiger partial charge on any atom is 0.332 e. The molecule has 2 saturated carbocycles. The summed E-state index contributed by atoms with van der Waals surface area (Å²) in [7, 11) is 0. The molecule has 1 spiro atoms. The van der Waals surface area contributed by atoms with Crippen LogP contribution in [0.15, 0.2) is 12.1 Å². The molecule has 1 aromatic carbocycles. The van der Waals surface area contributed by atoms with Crippen LogP contribution in [0.4, 0.5) is 0 Å². The van der Waals surface area contributed by atoms with Crippen LogP contribution in [0.5, 0.6) is 11.5 Å². The number of rotatable bonds is 4. The molecular weight excluding hydrogens is 474 g/mol. The number of aliphatic hydroxyl groups excluding tert-OH is 2. The highest BCUT2D eigenvalue weighted by Gasteiger charge is 2.73. The van der Waals surface area contributed by atoms with Gasteiger partial charge in [0.05, 0.1) is 11.0 Å². The van der Waals surface area contributed by atoms with Crippen LogP contribution in [-0.2, 0) is 26.2 Å². The maximum atomic E-state index is 12.7. The van der Waals surface area contributed by atoms with Gasteiger partial charge < -0.3 is 35.4 Å². The number of carbonyl (C=O) groups excluding carboxylic acids is 1. The fourth-order valence-electron chi connectivity index (χ4n) is 6.26. The number of ether oxygens (including phenoxy) is 1. The van der Waals surface area contributed by atoms with Crippen LogP contribution < -0.4 is 4.74 Å². The van der Waals surface area contributed by atoms with Crippen LogP contribution in [0.1, 0.15) is 50.2 Å². The summed E-state index contributed by atoms with van der Waals surface area (Å²) in [6, 6.07) is 3.69. The second-order valence-electron chi connectivity index (χ2n) is 10.3. The van der Waals surface area contributed by atoms with Gasteiger partial charge in [0.15, 0.2) is 23.4 Å². The lowest BCUT2D eigenvalue weighted by Crippen LogP contribution is -2.76. The molecule has 11 nitrogen and oxygen atoms in total. The molecular formula is C25H33NO10. The molecule has 198 valence electrons. The number of phenols is 1. The average Bonchev–Trinajstić information content (AvgIpc) is 3.57. The number of ketones is 1. The Labute approximate surface area is 207 Å². The Hall–Kier alpha value is -2.73. The van der Waals surface area contributed by atoms with Crippen molar-refractivity contribution in [1.82, 2.24) is 4.90 Å². The number of carbonyl (C=O) groups is 3. The van der Waals surface area contributed by atoms with Gasteiger partial charge in [-0.05, 0) is 63.1 Å². The topological polar surface area (TPSA) is 185 Å². The summed E-state index contributed by atoms with van der Waals surface area (Å²) >= 11 is 0. The SMILES string of the molecule is CC(O)C(=O)O.O=C(O)CO.O=C1CC[C@@]2(O)[C@H]3Cc4ccc(O)c5c4[C@@]2(CCN3CC2CC2)[C@H]1O5. The Kier molecular flexibility index (Phi) is 7.04. The number of aliphatic hydroxyl groups is 3. The Morgan fingerprint density at radius 3 is 2.42 bits per heavy atom. The second kappa shape index (κ2) is 9.62. The van der Waals surface area contributed by atoms with Crippen LogP contribution in [0.2, 0.25) is 0 Å². The van der Waals surface area contributed by atoms with Crippen LogP contribution >= 0.6 is 0 Å². The van der Waals surface area contributed by atoms with Crippen LogP contribution in [-0.4, -0.2) is 96.8 Å². The first-order valence-corrected chi connectivity index (χ1v) is 12.2. The molecule has 1 saturated heterocycles. The minimum atomic E-state index is -1.23. The van der Waals surface area contributed by atoms with Gasteiger partial charge in [0.2, 0.25) is 0 Å². The van der Waals surface area contributed by atoms with Crippen molar-refractivity contribution < 1.29 is 49.8 Å². The molecule has 3 fully saturated rings. The van der Waals surface area contributed by atoms with Gasteiger partial charge in [0.25, 0.3) is 0 Å². The molecule has 5 atom stereocenters. The second-order valence-corrected chi connectivity index (χ2v) is 10.3. The largest absolute Gasteiger partial charge is 0.504 e. The number of hydrogen-bond donors (Lipinski definition) is 6. The summed E-state index contributed by atoms with van der Waals surface area (Å²) in [5.41, 5.74) is 0.454. The van der Waals surface area contributed by atoms with E-state index in [0.717, 1.165) is 43.0 Å². The fourth-order valence-corrected chi connectivity index (χ4v) is 6.26. The first-order valence-electron chi connectivity index (χ1n) is 12.2. The smallest absolute Gasteiger partial charge is 0.332 e. The first-order chi connectivity index (χ1) is 17.0. The third kappa shape index (κ3) is 4.23. The highest BCUT2D eigenvalue weighted by molar-refractivity contribution is 5.90. The third-order valence-corrected chi connectivity index (χ3v) is 8.05. The Morgan fingerprint density at radius 1 is 1.22 bits per heavy atom. The van der Waals surface area contributed by atoms with Gasteiger partial charge >= 0.3 is 11.9 Å². The highest BCUT2D eigenvalue weighted by atomic mass is 16.5. The number of Topliss-reactive ketones (excluding diaryl/α,β-unsaturated/α-hetero) is 1. The molecule has 0 radical (unpaired) electrons. The van der Waals surface area contributed by atoms with Crippen LogP contribution in [0, 0.1) is 5.92 Å². The predicted molar refractivity (Wildman–Crippen MR) is 124 cm³/mol. The summed E-state index contributed by atoms with van der Waals surface area (Å²) in [4.78, 5) is 33.8. The maximum absolute atomic E-state index is 12.7. The molecule has 5 aliphatic rings. The van der Waals surface area contributed by atoms with Gasteiger partial charge in [0.1, 0.15) is 12.7 Å². The Bertz CT molecular complexity index is 1050. The molecule has 6 N–H and O–H groups in total. The van der Waals surface area contributed by atoms with E-state index >= 15 is 0 Å². The number of nitrogens with zero attached hydrogens (tertiary/aromatic N) is 1. The monoisotopic (exact) mass is 507 g/mol. The van der Waals surface area contributed by atoms with E-state index in [1.165, 1.54) is 19.8 Å². The van der Waals surface area contributed by atoms with Crippen LogP contribution in [0.25, 0.3) is 0 Å². The van der Waals surface area contributed by atoms with Crippen molar-refractivity contribution in [2.75, 3.05) is 19.7 Å². The van der Waals surface area contributed by atoms with Crippen molar-refractivity contribution >= 4 is 17.7 Å². The number of aromatic hydroxyl groups is 1. The van der Waals surface area contributed by atoms with E-state index < -0.39 is 41.8 Å². The number of phenolic OH excluding ortho intramolecular Hbond substituents is 1. The van der Waals surface area contributed by atoms with Crippen LogP contribution in [0.3, 0.4) is 0 Å². The van der Waals surface area contributed by atoms with Gasteiger partial charge in [-0.2, -0.15) is 0 Å². The zero-order valence-electron chi connectivity index (χ0n) is 20.1. The van der Waals surface area contributed by atoms with Crippen molar-refractivity contribution in [3.05, 3.63) is 23.3 Å². The molecule has 1 unspecified atom stereocenters. The minimum Gasteiger partial charge on any atom is -0.504 e. The van der Waals surface area contributed by atoms with E-state index in [-0.39, 0.29) is 17.6 Å². The van der Waals surface area contributed by atoms with E-state index in [2.05, 4.69) is 4.90 Å². The summed E-state index contributed by atoms with van der Waals surface area (Å²) in [6.07, 6.45) is 3.10. The van der Waals surface area contributed by atoms with E-state index in [0.29, 0.717) is 18.6 Å². The van der Waals surface area contributed by atoms with Gasteiger partial charge in [-0.3, -0.25) is 9.69 Å². The fraction of sp³-hybridized carbons (Fsp3) is 0.640. The number of hydrogen-bond acceptors (Lipinski definition) is 9. The van der Waals surface area contributed by atoms with Crippen molar-refractivity contribution in [2.24, 2.45) is 5.92 Å². The van der Waals surface area contributed by atoms with Crippen molar-refractivity contribution in [2.45, 2.75) is 74.7 Å². The average molecular weight is 508 g/mol. The molecule has 2 heterocycles. The zero-order valence-corrected chi connectivity index (χ0v) is 20.1. The number of piperidine rings is 1. The summed E-state index contributed by atoms with van der Waals surface area (Å²) in [5, 5.41) is 53.1. The molecule has 2 aliphatic heterocycles. The summed E-state index contributed by atoms with van der Waals surface area (Å²) in [6.45, 7) is 2.37. The Balaban J connectivity index is 0.000000236. The van der Waals surface area contributed by atoms with Gasteiger partial charge in [-0.25, -0.2) is 9.59 Å². The lowest BCUT2D eigenvalue weighted by molar-refractivity contribution is -0.188. The third-order valence-electron chi connectivity index (χ3n) is 8.05. The summed E-state index contributed by atoms with van der Waals surface area (Å²) in [5.74, 6) is -0.986. The molecule has 1 aromatic rings. The number of carboxylic acid groups (broad SMARTS) is 2. The lowest BCUT2D eigenvalue weighted by atomic mass is 9.49. The van der Waals surface area contributed by atoms with E-state index in [4.69, 9.17) is 30.0 Å². The predicted octanol–water partition coefficient (Wildman–Crippen LogP) is 0.0405. The van der Waals surface area contributed by atoms with Gasteiger partial charge in [-0.1, -0.05) is 6.07 Å². The summed E-state index contributed by atoms with van der Waals surface area (Å²) < 4.78 is 6.04. The van der Waals surface area contributed by atoms with Crippen molar-refractivity contribution in [3.8, 4) is 11.5 Å². The van der Waals surface area contributed by atoms with Gasteiger partial charge in [-0.15, -0.1) is 0 Å². The molecule has 2 bridgehead atoms. The van der Waals surface area contributed by atoms with Gasteiger partial charge in [0, 0.05) is 24.6 Å². The number of likely N-dealkylation sites (tertiary alicyclic amines) is 1. The molecule has 36 heavy (non-hydrogen) atoms. The minimum absolute atomic E-state index is 0.0454. The van der Waals surface area contributed by atoms with E-state index in [1.807, 2.05) is 6.07 Å². The Morgan fingerprint density at radius 2 is 1.86 bits per heavy atom. The normalized spacial score (nSPS) is 32.1. The van der Waals surface area contributed by atoms with E-state index in [9.17, 15) is 19.8 Å². The first kappa shape index (κ1) is 26.3. The molecule has 11 heteroatoms. The highest BCUT2D eigenvalue weighted by Crippen LogP contribution is 2.64. The molecule has 0 amide bonds. The molecule has 3 aliphatic carbocycles. The zero-order chi connectivity index (χ0) is 26.4. The quantitative estimate of drug-likeness (QED) is 0.323. The van der Waals surface area contributed by atoms with Crippen molar-refractivity contribution in [3.63, 3.8) is 0 Å². The number of aliphatic carboxylic acids is 2. The number of benzene rings is 1. The van der Waals surface area contributed by atoms with Crippen molar-refractivity contribution in [1.29, 1.82) is 0 Å². The lowest BCUT2D eigenvalue weighted by Gasteiger charge is -2.62.